The van der Waals surface area contributed by atoms with E-state index in [1.54, 1.807) is 32.4 Å². The van der Waals surface area contributed by atoms with Crippen molar-refractivity contribution in [3.63, 3.8) is 0 Å². The van der Waals surface area contributed by atoms with E-state index in [-0.39, 0.29) is 4.88 Å². The van der Waals surface area contributed by atoms with Crippen LogP contribution in [0.15, 0.2) is 42.5 Å². The number of carboxylic acid groups (broad SMARTS) is 1. The lowest BCUT2D eigenvalue weighted by molar-refractivity contribution is -0.254. The average molecular weight is 396 g/mol. The topological polar surface area (TPSA) is 80.7 Å². The van der Waals surface area contributed by atoms with Crippen LogP contribution in [-0.2, 0) is 0 Å². The van der Waals surface area contributed by atoms with Crippen molar-refractivity contribution in [2.75, 3.05) is 21.3 Å². The highest BCUT2D eigenvalue weighted by molar-refractivity contribution is 7.14. The fourth-order valence-corrected chi connectivity index (χ4v) is 3.58. The lowest BCUT2D eigenvalue weighted by atomic mass is 10.1. The Hall–Kier alpha value is -3.32. The summed E-state index contributed by atoms with van der Waals surface area (Å²) in [6.45, 7) is 0. The molecule has 3 aromatic rings. The molecule has 28 heavy (non-hydrogen) atoms. The summed E-state index contributed by atoms with van der Waals surface area (Å²) in [5.41, 5.74) is 1.86. The van der Waals surface area contributed by atoms with E-state index in [9.17, 15) is 9.90 Å². The van der Waals surface area contributed by atoms with Gasteiger partial charge in [-0.25, -0.2) is 4.98 Å². The van der Waals surface area contributed by atoms with Gasteiger partial charge in [-0.2, -0.15) is 0 Å². The summed E-state index contributed by atoms with van der Waals surface area (Å²) in [5, 5.41) is 12.1. The monoisotopic (exact) mass is 396 g/mol. The van der Waals surface area contributed by atoms with E-state index in [2.05, 4.69) is 4.98 Å². The Morgan fingerprint density at radius 1 is 0.964 bits per heavy atom. The third-order valence-corrected chi connectivity index (χ3v) is 5.02. The Labute approximate surface area is 166 Å². The highest BCUT2D eigenvalue weighted by Gasteiger charge is 2.15. The molecule has 0 aliphatic rings. The minimum absolute atomic E-state index is 0.0881. The van der Waals surface area contributed by atoms with Gasteiger partial charge in [0.05, 0.1) is 37.9 Å². The van der Waals surface area contributed by atoms with Gasteiger partial charge in [-0.05, 0) is 24.3 Å². The maximum Gasteiger partial charge on any atom is 0.203 e. The Morgan fingerprint density at radius 3 is 2.29 bits per heavy atom. The maximum absolute atomic E-state index is 11.5. The molecular formula is C21H18NO5S-. The first kappa shape index (κ1) is 19.4. The molecular weight excluding hydrogens is 378 g/mol. The predicted molar refractivity (Wildman–Crippen MR) is 107 cm³/mol. The van der Waals surface area contributed by atoms with Crippen LogP contribution in [0.2, 0.25) is 0 Å². The number of rotatable bonds is 7. The number of benzene rings is 2. The molecule has 0 spiro atoms. The molecule has 0 aliphatic heterocycles. The number of nitrogens with zero attached hydrogens (tertiary/aromatic N) is 1. The van der Waals surface area contributed by atoms with E-state index in [1.165, 1.54) is 7.11 Å². The smallest absolute Gasteiger partial charge is 0.203 e. The van der Waals surface area contributed by atoms with Gasteiger partial charge in [0.2, 0.25) is 5.75 Å². The number of hydrogen-bond acceptors (Lipinski definition) is 7. The van der Waals surface area contributed by atoms with E-state index in [1.807, 2.05) is 36.4 Å². The van der Waals surface area contributed by atoms with Crippen molar-refractivity contribution in [3.8, 4) is 28.5 Å². The normalized spacial score (nSPS) is 10.8. The van der Waals surface area contributed by atoms with Crippen molar-refractivity contribution in [1.82, 2.24) is 4.98 Å². The van der Waals surface area contributed by atoms with Gasteiger partial charge < -0.3 is 24.1 Å². The van der Waals surface area contributed by atoms with Crippen molar-refractivity contribution in [2.45, 2.75) is 0 Å². The average Bonchev–Trinajstić information content (AvgIpc) is 3.16. The summed E-state index contributed by atoms with van der Waals surface area (Å²) in [5.74, 6) is 0.292. The summed E-state index contributed by atoms with van der Waals surface area (Å²) < 4.78 is 16.1. The van der Waals surface area contributed by atoms with Crippen molar-refractivity contribution >= 4 is 29.5 Å². The van der Waals surface area contributed by atoms with Crippen LogP contribution in [0.25, 0.3) is 23.4 Å². The molecule has 1 heterocycles. The first-order valence-electron chi connectivity index (χ1n) is 8.33. The number of thiazole rings is 1. The van der Waals surface area contributed by atoms with E-state index >= 15 is 0 Å². The molecule has 3 rings (SSSR count). The number of ether oxygens (including phenoxy) is 3. The second-order valence-electron chi connectivity index (χ2n) is 5.64. The van der Waals surface area contributed by atoms with Gasteiger partial charge in [-0.3, -0.25) is 0 Å². The SMILES string of the molecule is COc1ccc(/C=C/c2nc(-c3ccccc3)c(C(=O)[O-])s2)c(OC)c1OC. The quantitative estimate of drug-likeness (QED) is 0.609. The Morgan fingerprint density at radius 2 is 1.68 bits per heavy atom. The first-order chi connectivity index (χ1) is 13.6. The van der Waals surface area contributed by atoms with Crippen LogP contribution >= 0.6 is 11.3 Å². The second-order valence-corrected chi connectivity index (χ2v) is 6.67. The second kappa shape index (κ2) is 8.58. The van der Waals surface area contributed by atoms with E-state index in [0.717, 1.165) is 22.5 Å². The molecule has 0 saturated heterocycles. The molecule has 0 atom stereocenters. The van der Waals surface area contributed by atoms with Gasteiger partial charge in [-0.15, -0.1) is 11.3 Å². The van der Waals surface area contributed by atoms with Gasteiger partial charge >= 0.3 is 0 Å². The van der Waals surface area contributed by atoms with Crippen LogP contribution in [0, 0.1) is 0 Å². The lowest BCUT2D eigenvalue weighted by Crippen LogP contribution is -2.21. The minimum Gasteiger partial charge on any atom is -0.544 e. The molecule has 2 aromatic carbocycles. The summed E-state index contributed by atoms with van der Waals surface area (Å²) in [7, 11) is 4.63. The standard InChI is InChI=1S/C21H19NO5S/c1-25-15-11-9-14(18(26-2)19(15)27-3)10-12-16-22-17(20(28-16)21(23)24)13-7-5-4-6-8-13/h4-12H,1-3H3,(H,23,24)/p-1/b12-10+. The fourth-order valence-electron chi connectivity index (χ4n) is 2.75. The fraction of sp³-hybridized carbons (Fsp3) is 0.143. The zero-order chi connectivity index (χ0) is 20.1. The van der Waals surface area contributed by atoms with Gasteiger partial charge in [0.1, 0.15) is 5.01 Å². The highest BCUT2D eigenvalue weighted by atomic mass is 32.1. The summed E-state index contributed by atoms with van der Waals surface area (Å²) >= 11 is 1.06. The first-order valence-corrected chi connectivity index (χ1v) is 9.15. The number of carbonyl (C=O) groups is 1. The van der Waals surface area contributed by atoms with Crippen LogP contribution in [0.3, 0.4) is 0 Å². The third kappa shape index (κ3) is 3.84. The van der Waals surface area contributed by atoms with Crippen molar-refractivity contribution in [2.24, 2.45) is 0 Å². The van der Waals surface area contributed by atoms with Crippen LogP contribution < -0.4 is 19.3 Å². The number of hydrogen-bond donors (Lipinski definition) is 0. The zero-order valence-electron chi connectivity index (χ0n) is 15.6. The van der Waals surface area contributed by atoms with Gasteiger partial charge in [0, 0.05) is 11.1 Å². The minimum atomic E-state index is -1.25. The Bertz CT molecular complexity index is 1010. The number of carbonyl (C=O) groups excluding carboxylic acids is 1. The molecule has 0 fully saturated rings. The van der Waals surface area contributed by atoms with Gasteiger partial charge in [0.15, 0.2) is 11.5 Å². The van der Waals surface area contributed by atoms with E-state index < -0.39 is 5.97 Å². The summed E-state index contributed by atoms with van der Waals surface area (Å²) in [6, 6.07) is 12.7. The molecule has 0 unspecified atom stereocenters. The number of methoxy groups -OCH3 is 3. The Kier molecular flexibility index (Phi) is 5.96. The van der Waals surface area contributed by atoms with Crippen LogP contribution in [0.1, 0.15) is 20.2 Å². The molecule has 0 N–H and O–H groups in total. The molecule has 1 aromatic heterocycles. The molecule has 0 aliphatic carbocycles. The molecule has 0 radical (unpaired) electrons. The predicted octanol–water partition coefficient (Wildman–Crippen LogP) is 3.37. The maximum atomic E-state index is 11.5. The van der Waals surface area contributed by atoms with Crippen LogP contribution in [0.5, 0.6) is 17.2 Å². The highest BCUT2D eigenvalue weighted by Crippen LogP contribution is 2.40. The molecule has 7 heteroatoms. The molecule has 6 nitrogen and oxygen atoms in total. The molecule has 0 saturated carbocycles. The van der Waals surface area contributed by atoms with Crippen LogP contribution in [0.4, 0.5) is 0 Å². The number of aromatic carboxylic acids is 1. The summed E-state index contributed by atoms with van der Waals surface area (Å²) in [6.07, 6.45) is 3.51. The number of aromatic nitrogens is 1. The zero-order valence-corrected chi connectivity index (χ0v) is 16.4. The molecule has 0 amide bonds. The van der Waals surface area contributed by atoms with Gasteiger partial charge in [-0.1, -0.05) is 30.3 Å². The largest absolute Gasteiger partial charge is 0.544 e. The molecule has 0 bridgehead atoms. The van der Waals surface area contributed by atoms with Crippen LogP contribution in [-0.4, -0.2) is 32.3 Å². The molecule has 144 valence electrons. The van der Waals surface area contributed by atoms with Crippen molar-refractivity contribution in [1.29, 1.82) is 0 Å². The van der Waals surface area contributed by atoms with E-state index in [4.69, 9.17) is 14.2 Å². The van der Waals surface area contributed by atoms with E-state index in [0.29, 0.717) is 28.0 Å². The Balaban J connectivity index is 2.01. The van der Waals surface area contributed by atoms with Crippen molar-refractivity contribution in [3.05, 3.63) is 57.9 Å². The van der Waals surface area contributed by atoms with Gasteiger partial charge in [0.25, 0.3) is 0 Å². The lowest BCUT2D eigenvalue weighted by Gasteiger charge is -2.13. The summed E-state index contributed by atoms with van der Waals surface area (Å²) in [4.78, 5) is 16.1. The number of carboxylic acids is 1. The van der Waals surface area contributed by atoms with Crippen molar-refractivity contribution < 1.29 is 24.1 Å². The third-order valence-electron chi connectivity index (χ3n) is 4.02.